The molecular weight excluding hydrogens is 388 g/mol. The van der Waals surface area contributed by atoms with Gasteiger partial charge in [0.2, 0.25) is 5.91 Å². The molecule has 1 fully saturated rings. The van der Waals surface area contributed by atoms with Crippen LogP contribution in [-0.2, 0) is 11.3 Å². The largest absolute Gasteiger partial charge is 0.493 e. The summed E-state index contributed by atoms with van der Waals surface area (Å²) in [5.41, 5.74) is 1.16. The first-order valence-corrected chi connectivity index (χ1v) is 11.4. The predicted molar refractivity (Wildman–Crippen MR) is 125 cm³/mol. The number of carbonyl (C=O) groups is 1. The highest BCUT2D eigenvalue weighted by Gasteiger charge is 2.35. The van der Waals surface area contributed by atoms with E-state index in [2.05, 4.69) is 43.0 Å². The number of anilines is 1. The Morgan fingerprint density at radius 2 is 1.77 bits per heavy atom. The molecule has 2 aromatic rings. The minimum atomic E-state index is -0.933. The van der Waals surface area contributed by atoms with Crippen LogP contribution in [0.5, 0.6) is 5.75 Å². The average molecular weight is 425 g/mol. The van der Waals surface area contributed by atoms with Crippen molar-refractivity contribution in [3.05, 3.63) is 60.2 Å². The lowest BCUT2D eigenvalue weighted by molar-refractivity contribution is -0.125. The molecule has 31 heavy (non-hydrogen) atoms. The van der Waals surface area contributed by atoms with Gasteiger partial charge >= 0.3 is 0 Å². The minimum absolute atomic E-state index is 0.0627. The average Bonchev–Trinajstić information content (AvgIpc) is 2.79. The van der Waals surface area contributed by atoms with E-state index >= 15 is 0 Å². The third-order valence-electron chi connectivity index (χ3n) is 6.35. The standard InChI is InChI=1S/C26H36N2O3/c1-4-21(2)20-31-24-12-10-23(11-13-24)27(3)25(29)18-26(30)14-16-28(17-15-26)19-22-8-6-5-7-9-22/h5-13,21,30H,4,14-20H2,1-3H3. The first kappa shape index (κ1) is 23.3. The summed E-state index contributed by atoms with van der Waals surface area (Å²) in [6.45, 7) is 7.49. The van der Waals surface area contributed by atoms with Crippen molar-refractivity contribution in [3.8, 4) is 5.75 Å². The van der Waals surface area contributed by atoms with Gasteiger partial charge in [-0.1, -0.05) is 50.6 Å². The first-order chi connectivity index (χ1) is 14.9. The van der Waals surface area contributed by atoms with Crippen LogP contribution >= 0.6 is 0 Å². The zero-order valence-electron chi connectivity index (χ0n) is 19.1. The van der Waals surface area contributed by atoms with Crippen molar-refractivity contribution in [2.75, 3.05) is 31.6 Å². The number of amides is 1. The maximum Gasteiger partial charge on any atom is 0.229 e. The normalized spacial score (nSPS) is 17.2. The third kappa shape index (κ3) is 6.81. The molecule has 0 radical (unpaired) electrons. The van der Waals surface area contributed by atoms with E-state index in [4.69, 9.17) is 4.74 Å². The van der Waals surface area contributed by atoms with E-state index in [1.54, 1.807) is 11.9 Å². The van der Waals surface area contributed by atoms with Crippen molar-refractivity contribution >= 4 is 11.6 Å². The van der Waals surface area contributed by atoms with Gasteiger partial charge in [0.05, 0.1) is 18.6 Å². The highest BCUT2D eigenvalue weighted by atomic mass is 16.5. The van der Waals surface area contributed by atoms with Crippen molar-refractivity contribution < 1.29 is 14.6 Å². The van der Waals surface area contributed by atoms with Crippen LogP contribution in [0.25, 0.3) is 0 Å². The molecule has 0 saturated carbocycles. The second-order valence-electron chi connectivity index (χ2n) is 8.93. The molecule has 0 spiro atoms. The molecule has 0 aromatic heterocycles. The minimum Gasteiger partial charge on any atom is -0.493 e. The van der Waals surface area contributed by atoms with Crippen molar-refractivity contribution in [1.82, 2.24) is 4.90 Å². The summed E-state index contributed by atoms with van der Waals surface area (Å²) in [7, 11) is 1.77. The van der Waals surface area contributed by atoms with E-state index in [0.29, 0.717) is 25.4 Å². The van der Waals surface area contributed by atoms with E-state index in [-0.39, 0.29) is 12.3 Å². The number of hydrogen-bond donors (Lipinski definition) is 1. The summed E-state index contributed by atoms with van der Waals surface area (Å²) < 4.78 is 5.80. The molecule has 1 heterocycles. The molecule has 0 aliphatic carbocycles. The van der Waals surface area contributed by atoms with Crippen LogP contribution in [0.2, 0.25) is 0 Å². The van der Waals surface area contributed by atoms with Crippen molar-refractivity contribution in [1.29, 1.82) is 0 Å². The van der Waals surface area contributed by atoms with Gasteiger partial charge in [-0.15, -0.1) is 0 Å². The van der Waals surface area contributed by atoms with Crippen molar-refractivity contribution in [2.45, 2.75) is 51.7 Å². The van der Waals surface area contributed by atoms with Crippen molar-refractivity contribution in [3.63, 3.8) is 0 Å². The van der Waals surface area contributed by atoms with Gasteiger partial charge in [0.25, 0.3) is 0 Å². The number of ether oxygens (including phenoxy) is 1. The third-order valence-corrected chi connectivity index (χ3v) is 6.35. The Bertz CT molecular complexity index is 814. The van der Waals surface area contributed by atoms with Crippen LogP contribution in [-0.4, -0.2) is 48.3 Å². The Hall–Kier alpha value is -2.37. The Morgan fingerprint density at radius 3 is 2.39 bits per heavy atom. The van der Waals surface area contributed by atoms with E-state index in [1.165, 1.54) is 5.56 Å². The van der Waals surface area contributed by atoms with E-state index in [0.717, 1.165) is 37.5 Å². The Balaban J connectivity index is 1.49. The molecule has 5 heteroatoms. The molecule has 0 bridgehead atoms. The first-order valence-electron chi connectivity index (χ1n) is 11.4. The van der Waals surface area contributed by atoms with Gasteiger partial charge in [-0.2, -0.15) is 0 Å². The van der Waals surface area contributed by atoms with Gasteiger partial charge in [-0.05, 0) is 48.6 Å². The zero-order chi connectivity index (χ0) is 22.3. The number of nitrogens with zero attached hydrogens (tertiary/aromatic N) is 2. The Kier molecular flexibility index (Phi) is 8.10. The monoisotopic (exact) mass is 424 g/mol. The van der Waals surface area contributed by atoms with Crippen LogP contribution in [0.4, 0.5) is 5.69 Å². The van der Waals surface area contributed by atoms with Gasteiger partial charge in [-0.3, -0.25) is 9.69 Å². The molecule has 1 unspecified atom stereocenters. The highest BCUT2D eigenvalue weighted by molar-refractivity contribution is 5.93. The molecule has 1 N–H and O–H groups in total. The lowest BCUT2D eigenvalue weighted by atomic mass is 9.87. The summed E-state index contributed by atoms with van der Waals surface area (Å²) in [4.78, 5) is 16.8. The molecule has 1 aliphatic heterocycles. The van der Waals surface area contributed by atoms with Crippen LogP contribution in [0.3, 0.4) is 0 Å². The quantitative estimate of drug-likeness (QED) is 0.644. The molecule has 1 saturated heterocycles. The van der Waals surface area contributed by atoms with E-state index in [9.17, 15) is 9.90 Å². The number of likely N-dealkylation sites (tertiary alicyclic amines) is 1. The SMILES string of the molecule is CCC(C)COc1ccc(N(C)C(=O)CC2(O)CCN(Cc3ccccc3)CC2)cc1. The van der Waals surface area contributed by atoms with E-state index < -0.39 is 5.60 Å². The zero-order valence-corrected chi connectivity index (χ0v) is 19.1. The summed E-state index contributed by atoms with van der Waals surface area (Å²) in [5, 5.41) is 11.0. The smallest absolute Gasteiger partial charge is 0.229 e. The second kappa shape index (κ2) is 10.8. The molecule has 1 aliphatic rings. The molecule has 1 atom stereocenters. The fourth-order valence-corrected chi connectivity index (χ4v) is 3.81. The summed E-state index contributed by atoms with van der Waals surface area (Å²) in [6.07, 6.45) is 2.46. The molecule has 168 valence electrons. The van der Waals surface area contributed by atoms with Gasteiger partial charge in [0.15, 0.2) is 0 Å². The summed E-state index contributed by atoms with van der Waals surface area (Å²) in [6, 6.07) is 18.0. The van der Waals surface area contributed by atoms with Gasteiger partial charge < -0.3 is 14.7 Å². The predicted octanol–water partition coefficient (Wildman–Crippen LogP) is 4.49. The molecule has 5 nitrogen and oxygen atoms in total. The van der Waals surface area contributed by atoms with Crippen LogP contribution in [0.15, 0.2) is 54.6 Å². The Morgan fingerprint density at radius 1 is 1.13 bits per heavy atom. The topological polar surface area (TPSA) is 53.0 Å². The number of aliphatic hydroxyl groups is 1. The molecule has 1 amide bonds. The summed E-state index contributed by atoms with van der Waals surface area (Å²) >= 11 is 0. The van der Waals surface area contributed by atoms with Crippen LogP contribution in [0.1, 0.15) is 45.1 Å². The molecule has 2 aromatic carbocycles. The maximum absolute atomic E-state index is 12.8. The number of hydrogen-bond acceptors (Lipinski definition) is 4. The molecule has 3 rings (SSSR count). The highest BCUT2D eigenvalue weighted by Crippen LogP contribution is 2.28. The fraction of sp³-hybridized carbons (Fsp3) is 0.500. The number of benzene rings is 2. The van der Waals surface area contributed by atoms with Crippen LogP contribution in [0, 0.1) is 5.92 Å². The van der Waals surface area contributed by atoms with Gasteiger partial charge in [0, 0.05) is 32.4 Å². The number of rotatable bonds is 9. The lowest BCUT2D eigenvalue weighted by Crippen LogP contribution is -2.47. The van der Waals surface area contributed by atoms with E-state index in [1.807, 2.05) is 30.3 Å². The lowest BCUT2D eigenvalue weighted by Gasteiger charge is -2.38. The summed E-state index contributed by atoms with van der Waals surface area (Å²) in [5.74, 6) is 1.27. The number of piperidine rings is 1. The fourth-order valence-electron chi connectivity index (χ4n) is 3.81. The second-order valence-corrected chi connectivity index (χ2v) is 8.93. The maximum atomic E-state index is 12.8. The van der Waals surface area contributed by atoms with Gasteiger partial charge in [-0.25, -0.2) is 0 Å². The van der Waals surface area contributed by atoms with Crippen LogP contribution < -0.4 is 9.64 Å². The van der Waals surface area contributed by atoms with Gasteiger partial charge in [0.1, 0.15) is 5.75 Å². The van der Waals surface area contributed by atoms with Crippen molar-refractivity contribution in [2.24, 2.45) is 5.92 Å². The number of carbonyl (C=O) groups excluding carboxylic acids is 1. The Labute approximate surface area is 186 Å². The molecular formula is C26H36N2O3.